The zero-order chi connectivity index (χ0) is 91.7. The van der Waals surface area contributed by atoms with E-state index in [0.29, 0.717) is 33.9 Å². The Bertz CT molecular complexity index is 8460. The molecule has 0 amide bonds. The monoisotopic (exact) mass is 1530 g/mol. The van der Waals surface area contributed by atoms with Crippen LogP contribution in [-0.4, -0.2) is 15.8 Å². The number of benzene rings is 19. The number of fused-ring (bicyclic) bond motifs is 16. The second-order valence-electron chi connectivity index (χ2n) is 33.6. The molecule has 2 aliphatic heterocycles. The molecule has 119 heavy (non-hydrogen) atoms. The summed E-state index contributed by atoms with van der Waals surface area (Å²) in [5.74, 6) is 0. The summed E-state index contributed by atoms with van der Waals surface area (Å²) in [5.41, 5.74) is 17.1. The number of hydrogen-bond acceptors (Lipinski definition) is 2. The Kier molecular flexibility index (Phi) is 12.9. The third kappa shape index (κ3) is 11.1. The van der Waals surface area contributed by atoms with E-state index in [0.717, 1.165) is 138 Å². The Morgan fingerprint density at radius 1 is 0.261 bits per heavy atom. The number of nitrogens with zero attached hydrogens (tertiary/aromatic N) is 4. The minimum atomic E-state index is -0.780. The molecular formula is C114H83BN4. The highest BCUT2D eigenvalue weighted by Gasteiger charge is 2.47. The molecule has 0 N–H and O–H groups in total. The van der Waals surface area contributed by atoms with Gasteiger partial charge in [-0.05, 0) is 211 Å². The third-order valence-electron chi connectivity index (χ3n) is 24.6. The van der Waals surface area contributed by atoms with E-state index in [2.05, 4.69) is 276 Å². The van der Waals surface area contributed by atoms with Crippen LogP contribution in [-0.2, 0) is 10.8 Å². The molecule has 4 heterocycles. The highest BCUT2D eigenvalue weighted by Crippen LogP contribution is 2.57. The van der Waals surface area contributed by atoms with Crippen LogP contribution in [0.15, 0.2) is 394 Å². The van der Waals surface area contributed by atoms with Gasteiger partial charge in [0.1, 0.15) is 0 Å². The Morgan fingerprint density at radius 2 is 0.622 bits per heavy atom. The van der Waals surface area contributed by atoms with Crippen molar-refractivity contribution in [1.29, 1.82) is 0 Å². The molecule has 2 aromatic heterocycles. The Balaban J connectivity index is 0.934. The van der Waals surface area contributed by atoms with Crippen molar-refractivity contribution < 1.29 is 19.2 Å². The van der Waals surface area contributed by atoms with Gasteiger partial charge in [0.05, 0.1) is 52.6 Å². The van der Waals surface area contributed by atoms with Crippen LogP contribution in [0.4, 0.5) is 34.1 Å². The summed E-state index contributed by atoms with van der Waals surface area (Å²) in [6, 6.07) is 101. The van der Waals surface area contributed by atoms with Crippen LogP contribution >= 0.6 is 0 Å². The van der Waals surface area contributed by atoms with Crippen LogP contribution in [0.3, 0.4) is 0 Å². The summed E-state index contributed by atoms with van der Waals surface area (Å²) < 4.78 is 144. The first-order valence-corrected chi connectivity index (χ1v) is 40.7. The van der Waals surface area contributed by atoms with Crippen molar-refractivity contribution in [3.8, 4) is 78.1 Å². The van der Waals surface area contributed by atoms with Gasteiger partial charge in [-0.25, -0.2) is 0 Å². The summed E-state index contributed by atoms with van der Waals surface area (Å²) in [5, 5.41) is 8.49. The van der Waals surface area contributed by atoms with Crippen LogP contribution in [0.25, 0.3) is 165 Å². The van der Waals surface area contributed by atoms with Crippen molar-refractivity contribution in [2.45, 2.75) is 52.4 Å². The summed E-state index contributed by atoms with van der Waals surface area (Å²) in [4.78, 5) is 4.84. The third-order valence-corrected chi connectivity index (χ3v) is 24.6. The SMILES string of the molecule is [2H]c1c([2H])c([2H])c2c(c1[2H])c1c([2H])c(-c3ccccc3)c([2H])c([2H])c1n2-c1ccc2c(c1)N(c1c(-c3ccccc3)cc(C(C)(C)C)cc1-c1ccccc1)c1cc(C(C)(C)C)cc3c1B2c1ccc(-n2c4c([2H])c([2H])c([2H])c([2H])c4c4c([2H])c(-c5ccccc5)c([2H])c([2H])c42)cc1N3c1c(-c2cccc3ccc4ccccc4c23)cccc1-c1cccc2ccc3ccccc3c12. The van der Waals surface area contributed by atoms with Crippen LogP contribution < -0.4 is 26.2 Å². The van der Waals surface area contributed by atoms with E-state index in [1.807, 2.05) is 48.5 Å². The van der Waals surface area contributed by atoms with Crippen LogP contribution in [0, 0.1) is 0 Å². The van der Waals surface area contributed by atoms with Gasteiger partial charge < -0.3 is 18.9 Å². The van der Waals surface area contributed by atoms with Gasteiger partial charge in [0, 0.05) is 77.9 Å². The Morgan fingerprint density at radius 3 is 1.07 bits per heavy atom. The maximum absolute atomic E-state index is 10.5. The first-order valence-electron chi connectivity index (χ1n) is 47.7. The fraction of sp³-hybridized carbons (Fsp3) is 0.0702. The molecule has 562 valence electrons. The van der Waals surface area contributed by atoms with E-state index in [-0.39, 0.29) is 91.0 Å². The highest BCUT2D eigenvalue weighted by atomic mass is 15.2. The van der Waals surface area contributed by atoms with Crippen molar-refractivity contribution in [3.05, 3.63) is 405 Å². The molecule has 4 nitrogen and oxygen atoms in total. The second-order valence-corrected chi connectivity index (χ2v) is 33.6. The topological polar surface area (TPSA) is 16.3 Å². The number of anilines is 6. The summed E-state index contributed by atoms with van der Waals surface area (Å²) >= 11 is 0. The number of para-hydroxylation sites is 3. The Hall–Kier alpha value is -14.5. The predicted octanol–water partition coefficient (Wildman–Crippen LogP) is 29.2. The maximum atomic E-state index is 10.5. The number of aromatic nitrogens is 2. The molecule has 0 fully saturated rings. The van der Waals surface area contributed by atoms with Gasteiger partial charge in [-0.1, -0.05) is 351 Å². The molecular weight excluding hydrogens is 1440 g/mol. The van der Waals surface area contributed by atoms with Gasteiger partial charge in [-0.2, -0.15) is 0 Å². The molecule has 0 atom stereocenters. The van der Waals surface area contributed by atoms with Crippen molar-refractivity contribution in [3.63, 3.8) is 0 Å². The van der Waals surface area contributed by atoms with Crippen LogP contribution in [0.1, 0.15) is 71.9 Å². The average Bonchev–Trinajstić information content (AvgIpc) is 1.26. The quantitative estimate of drug-likeness (QED) is 0.100. The highest BCUT2D eigenvalue weighted by molar-refractivity contribution is 7.00. The van der Waals surface area contributed by atoms with E-state index in [4.69, 9.17) is 0 Å². The lowest BCUT2D eigenvalue weighted by molar-refractivity contribution is 0.590. The van der Waals surface area contributed by atoms with Crippen LogP contribution in [0.2, 0.25) is 0 Å². The summed E-state index contributed by atoms with van der Waals surface area (Å²) in [6.45, 7) is 12.6. The second kappa shape index (κ2) is 27.0. The summed E-state index contributed by atoms with van der Waals surface area (Å²) in [6.07, 6.45) is 0. The standard InChI is InChI=1S/C114H83BN4/c1-113(2,3)82-66-94(74-34-15-9-16-35-74)112(95(67-82)75-36-17-10-18-37-75)119-105-71-85(117-101-51-26-24-45-89(101)97-65-81(57-63-103(97)117)73-32-13-8-14-33-73)59-61-99(105)115-98-60-58-84(116-100-50-25-23-44-88(100)96-64-80(56-62-102(96)116)72-30-11-7-12-31-72)70-104(98)118(106-68-83(114(4,5)6)69-107(119)110(106)115)111-92(90-46-27-40-78-54-52-76-38-19-21-42-86(76)108(78)90)48-29-49-93(111)91-47-28-41-79-55-53-77-39-20-22-43-87(77)109(79)91/h7-71H,1-6H3/i23D,24D,25D,26D,44D,45D,50D,51D,56D,57D,62D,63D,64D,65D. The molecule has 21 aromatic rings. The van der Waals surface area contributed by atoms with Gasteiger partial charge in [0.25, 0.3) is 6.71 Å². The van der Waals surface area contributed by atoms with E-state index >= 15 is 0 Å². The first kappa shape index (κ1) is 56.7. The number of hydrogen-bond donors (Lipinski definition) is 0. The molecule has 0 bridgehead atoms. The van der Waals surface area contributed by atoms with Gasteiger partial charge in [0.15, 0.2) is 0 Å². The van der Waals surface area contributed by atoms with E-state index in [1.165, 1.54) is 0 Å². The predicted molar refractivity (Wildman–Crippen MR) is 509 cm³/mol. The molecule has 0 unspecified atom stereocenters. The molecule has 2 aliphatic rings. The van der Waals surface area contributed by atoms with Crippen LogP contribution in [0.5, 0.6) is 0 Å². The Labute approximate surface area is 713 Å². The van der Waals surface area contributed by atoms with E-state index < -0.39 is 65.9 Å². The van der Waals surface area contributed by atoms with Gasteiger partial charge in [-0.3, -0.25) is 0 Å². The molecule has 0 radical (unpaired) electrons. The fourth-order valence-electron chi connectivity index (χ4n) is 19.0. The zero-order valence-electron chi connectivity index (χ0n) is 80.3. The van der Waals surface area contributed by atoms with Gasteiger partial charge >= 0.3 is 0 Å². The van der Waals surface area contributed by atoms with Crippen molar-refractivity contribution in [2.75, 3.05) is 9.80 Å². The first-order chi connectivity index (χ1) is 64.2. The largest absolute Gasteiger partial charge is 0.310 e. The van der Waals surface area contributed by atoms with Gasteiger partial charge in [0.2, 0.25) is 0 Å². The van der Waals surface area contributed by atoms with Crippen molar-refractivity contribution in [2.24, 2.45) is 0 Å². The van der Waals surface area contributed by atoms with Gasteiger partial charge in [-0.15, -0.1) is 0 Å². The molecule has 0 saturated heterocycles. The van der Waals surface area contributed by atoms with E-state index in [9.17, 15) is 19.2 Å². The molecule has 0 aliphatic carbocycles. The lowest BCUT2D eigenvalue weighted by Gasteiger charge is -2.46. The van der Waals surface area contributed by atoms with Crippen molar-refractivity contribution >= 4 is 144 Å². The lowest BCUT2D eigenvalue weighted by atomic mass is 9.33. The molecule has 5 heteroatoms. The average molecular weight is 1530 g/mol. The van der Waals surface area contributed by atoms with Crippen molar-refractivity contribution in [1.82, 2.24) is 9.13 Å². The molecule has 0 spiro atoms. The maximum Gasteiger partial charge on any atom is 0.252 e. The van der Waals surface area contributed by atoms with E-state index in [1.54, 1.807) is 45.5 Å². The number of rotatable bonds is 10. The molecule has 19 aromatic carbocycles. The fourth-order valence-corrected chi connectivity index (χ4v) is 19.0. The normalized spacial score (nSPS) is 14.4. The lowest BCUT2D eigenvalue weighted by Crippen LogP contribution is -2.61. The smallest absolute Gasteiger partial charge is 0.252 e. The zero-order valence-corrected chi connectivity index (χ0v) is 66.3. The summed E-state index contributed by atoms with van der Waals surface area (Å²) in [7, 11) is 0. The minimum absolute atomic E-state index is 0.0169. The minimum Gasteiger partial charge on any atom is -0.310 e. The molecule has 0 saturated carbocycles. The molecule has 23 rings (SSSR count).